The van der Waals surface area contributed by atoms with Gasteiger partial charge in [0.25, 0.3) is 0 Å². The first kappa shape index (κ1) is 12.4. The van der Waals surface area contributed by atoms with Crippen LogP contribution in [0, 0.1) is 0 Å². The van der Waals surface area contributed by atoms with Crippen LogP contribution >= 0.6 is 0 Å². The molecule has 1 N–H and O–H groups in total. The van der Waals surface area contributed by atoms with E-state index in [0.717, 1.165) is 37.7 Å². The number of rotatable bonds is 3. The fourth-order valence-corrected chi connectivity index (χ4v) is 2.14. The summed E-state index contributed by atoms with van der Waals surface area (Å²) in [4.78, 5) is 13.7. The SMILES string of the molecule is CNCc1ccnc(C2CN(C)CCN2C)n1. The maximum atomic E-state index is 4.63. The van der Waals surface area contributed by atoms with Gasteiger partial charge < -0.3 is 10.2 Å². The quantitative estimate of drug-likeness (QED) is 0.806. The highest BCUT2D eigenvalue weighted by atomic mass is 15.3. The standard InChI is InChI=1S/C12H21N5/c1-13-8-10-4-5-14-12(15-10)11-9-16(2)6-7-17(11)3/h4-5,11,13H,6-9H2,1-3H3. The van der Waals surface area contributed by atoms with Crippen molar-refractivity contribution in [3.63, 3.8) is 0 Å². The highest BCUT2D eigenvalue weighted by Crippen LogP contribution is 2.19. The van der Waals surface area contributed by atoms with Crippen molar-refractivity contribution in [3.8, 4) is 0 Å². The molecule has 0 spiro atoms. The van der Waals surface area contributed by atoms with Crippen LogP contribution in [0.25, 0.3) is 0 Å². The number of hydrogen-bond donors (Lipinski definition) is 1. The Bertz CT molecular complexity index is 368. The van der Waals surface area contributed by atoms with Crippen molar-refractivity contribution in [1.82, 2.24) is 25.1 Å². The molecule has 1 aliphatic heterocycles. The molecule has 0 amide bonds. The van der Waals surface area contributed by atoms with Crippen molar-refractivity contribution in [2.24, 2.45) is 0 Å². The van der Waals surface area contributed by atoms with E-state index in [9.17, 15) is 0 Å². The first-order chi connectivity index (χ1) is 8.20. The Hall–Kier alpha value is -1.04. The maximum absolute atomic E-state index is 4.63. The minimum absolute atomic E-state index is 0.311. The van der Waals surface area contributed by atoms with Crippen LogP contribution in [0.3, 0.4) is 0 Å². The normalized spacial score (nSPS) is 22.9. The molecule has 17 heavy (non-hydrogen) atoms. The van der Waals surface area contributed by atoms with Gasteiger partial charge in [0.1, 0.15) is 5.82 Å². The summed E-state index contributed by atoms with van der Waals surface area (Å²) in [5.74, 6) is 0.937. The molecule has 0 radical (unpaired) electrons. The smallest absolute Gasteiger partial charge is 0.146 e. The van der Waals surface area contributed by atoms with Crippen LogP contribution in [-0.2, 0) is 6.54 Å². The van der Waals surface area contributed by atoms with Gasteiger partial charge in [-0.3, -0.25) is 4.90 Å². The van der Waals surface area contributed by atoms with E-state index in [1.807, 2.05) is 19.3 Å². The van der Waals surface area contributed by atoms with Gasteiger partial charge in [0.2, 0.25) is 0 Å². The minimum Gasteiger partial charge on any atom is -0.314 e. The molecule has 1 aromatic rings. The number of piperazine rings is 1. The lowest BCUT2D eigenvalue weighted by Gasteiger charge is -2.36. The summed E-state index contributed by atoms with van der Waals surface area (Å²) in [7, 11) is 6.23. The summed E-state index contributed by atoms with van der Waals surface area (Å²) in [6.45, 7) is 3.98. The molecule has 1 atom stereocenters. The van der Waals surface area contributed by atoms with Crippen LogP contribution in [0.2, 0.25) is 0 Å². The molecule has 94 valence electrons. The molecule has 1 unspecified atom stereocenters. The molecule has 5 nitrogen and oxygen atoms in total. The fourth-order valence-electron chi connectivity index (χ4n) is 2.14. The van der Waals surface area contributed by atoms with Gasteiger partial charge in [0.05, 0.1) is 11.7 Å². The van der Waals surface area contributed by atoms with E-state index in [-0.39, 0.29) is 0 Å². The van der Waals surface area contributed by atoms with Crippen molar-refractivity contribution in [1.29, 1.82) is 0 Å². The zero-order valence-corrected chi connectivity index (χ0v) is 10.8. The molecule has 0 aromatic carbocycles. The molecule has 0 saturated carbocycles. The molecule has 1 aliphatic rings. The van der Waals surface area contributed by atoms with Crippen molar-refractivity contribution in [2.75, 3.05) is 40.8 Å². The topological polar surface area (TPSA) is 44.3 Å². The van der Waals surface area contributed by atoms with E-state index in [2.05, 4.69) is 39.2 Å². The van der Waals surface area contributed by atoms with Gasteiger partial charge in [-0.1, -0.05) is 0 Å². The number of nitrogens with one attached hydrogen (secondary N) is 1. The Morgan fingerprint density at radius 3 is 3.00 bits per heavy atom. The van der Waals surface area contributed by atoms with Crippen LogP contribution in [0.15, 0.2) is 12.3 Å². The molecule has 0 bridgehead atoms. The second-order valence-corrected chi connectivity index (χ2v) is 4.70. The molecule has 5 heteroatoms. The van der Waals surface area contributed by atoms with Gasteiger partial charge in [0.15, 0.2) is 0 Å². The lowest BCUT2D eigenvalue weighted by molar-refractivity contribution is 0.109. The molecule has 2 heterocycles. The molecule has 1 fully saturated rings. The summed E-state index contributed by atoms with van der Waals surface area (Å²) >= 11 is 0. The molecule has 2 rings (SSSR count). The lowest BCUT2D eigenvalue weighted by atomic mass is 10.1. The number of aromatic nitrogens is 2. The van der Waals surface area contributed by atoms with Gasteiger partial charge in [-0.15, -0.1) is 0 Å². The zero-order valence-electron chi connectivity index (χ0n) is 10.8. The third-order valence-electron chi connectivity index (χ3n) is 3.24. The summed E-state index contributed by atoms with van der Waals surface area (Å²) in [6.07, 6.45) is 1.86. The molecule has 1 aromatic heterocycles. The van der Waals surface area contributed by atoms with E-state index in [1.54, 1.807) is 0 Å². The van der Waals surface area contributed by atoms with Gasteiger partial charge in [-0.25, -0.2) is 9.97 Å². The van der Waals surface area contributed by atoms with Crippen LogP contribution in [-0.4, -0.2) is 60.5 Å². The van der Waals surface area contributed by atoms with E-state index in [0.29, 0.717) is 6.04 Å². The van der Waals surface area contributed by atoms with Crippen molar-refractivity contribution in [3.05, 3.63) is 23.8 Å². The van der Waals surface area contributed by atoms with Crippen LogP contribution in [0.4, 0.5) is 0 Å². The lowest BCUT2D eigenvalue weighted by Crippen LogP contribution is -2.45. The zero-order chi connectivity index (χ0) is 12.3. The van der Waals surface area contributed by atoms with Crippen molar-refractivity contribution >= 4 is 0 Å². The monoisotopic (exact) mass is 235 g/mol. The Morgan fingerprint density at radius 2 is 2.24 bits per heavy atom. The maximum Gasteiger partial charge on any atom is 0.146 e. The summed E-state index contributed by atoms with van der Waals surface area (Å²) in [6, 6.07) is 2.28. The molecular weight excluding hydrogens is 214 g/mol. The van der Waals surface area contributed by atoms with E-state index >= 15 is 0 Å². The fraction of sp³-hybridized carbons (Fsp3) is 0.667. The minimum atomic E-state index is 0.311. The highest BCUT2D eigenvalue weighted by Gasteiger charge is 2.25. The average molecular weight is 235 g/mol. The second-order valence-electron chi connectivity index (χ2n) is 4.70. The van der Waals surface area contributed by atoms with Crippen molar-refractivity contribution in [2.45, 2.75) is 12.6 Å². The van der Waals surface area contributed by atoms with E-state index in [4.69, 9.17) is 0 Å². The Balaban J connectivity index is 2.16. The van der Waals surface area contributed by atoms with E-state index in [1.165, 1.54) is 0 Å². The number of likely N-dealkylation sites (N-methyl/N-ethyl adjacent to an activating group) is 2. The number of hydrogen-bond acceptors (Lipinski definition) is 5. The largest absolute Gasteiger partial charge is 0.314 e. The Kier molecular flexibility index (Phi) is 4.04. The Labute approximate surface area is 103 Å². The Morgan fingerprint density at radius 1 is 1.41 bits per heavy atom. The molecule has 0 aliphatic carbocycles. The third-order valence-corrected chi connectivity index (χ3v) is 3.24. The van der Waals surface area contributed by atoms with Gasteiger partial charge in [0, 0.05) is 32.4 Å². The number of nitrogens with zero attached hydrogens (tertiary/aromatic N) is 4. The van der Waals surface area contributed by atoms with Gasteiger partial charge in [-0.05, 0) is 27.2 Å². The summed E-state index contributed by atoms with van der Waals surface area (Å²) < 4.78 is 0. The highest BCUT2D eigenvalue weighted by molar-refractivity contribution is 5.06. The van der Waals surface area contributed by atoms with Crippen molar-refractivity contribution < 1.29 is 0 Å². The summed E-state index contributed by atoms with van der Waals surface area (Å²) in [5, 5.41) is 3.12. The van der Waals surface area contributed by atoms with Gasteiger partial charge in [-0.2, -0.15) is 0 Å². The predicted octanol–water partition coefficient (Wildman–Crippen LogP) is 0.114. The van der Waals surface area contributed by atoms with Crippen LogP contribution in [0.1, 0.15) is 17.6 Å². The predicted molar refractivity (Wildman–Crippen MR) is 67.7 cm³/mol. The molecular formula is C12H21N5. The van der Waals surface area contributed by atoms with Crippen LogP contribution < -0.4 is 5.32 Å². The first-order valence-corrected chi connectivity index (χ1v) is 6.06. The van der Waals surface area contributed by atoms with Gasteiger partial charge >= 0.3 is 0 Å². The third kappa shape index (κ3) is 3.00. The van der Waals surface area contributed by atoms with E-state index < -0.39 is 0 Å². The second kappa shape index (κ2) is 5.53. The van der Waals surface area contributed by atoms with Crippen LogP contribution in [0.5, 0.6) is 0 Å². The first-order valence-electron chi connectivity index (χ1n) is 6.06. The summed E-state index contributed by atoms with van der Waals surface area (Å²) in [5.41, 5.74) is 1.05. The average Bonchev–Trinajstić information content (AvgIpc) is 2.33. The molecule has 1 saturated heterocycles.